The van der Waals surface area contributed by atoms with Crippen LogP contribution in [0.5, 0.6) is 5.75 Å². The highest BCUT2D eigenvalue weighted by molar-refractivity contribution is 9.10. The van der Waals surface area contributed by atoms with E-state index in [1.165, 1.54) is 11.1 Å². The average Bonchev–Trinajstić information content (AvgIpc) is 3.28. The van der Waals surface area contributed by atoms with Gasteiger partial charge in [0.25, 0.3) is 0 Å². The van der Waals surface area contributed by atoms with E-state index >= 15 is 0 Å². The third kappa shape index (κ3) is 4.92. The third-order valence-corrected chi connectivity index (χ3v) is 7.93. The van der Waals surface area contributed by atoms with Gasteiger partial charge in [-0.1, -0.05) is 54.6 Å². The van der Waals surface area contributed by atoms with E-state index in [1.54, 1.807) is 25.2 Å². The van der Waals surface area contributed by atoms with Gasteiger partial charge in [-0.15, -0.1) is 11.3 Å². The SMILES string of the molecule is CCOC(=O)COc1ccc2cc(-c3sc4ccccc4c3C(C)=O)ccc2c1Br.c1cc2cc-2c1. The van der Waals surface area contributed by atoms with E-state index < -0.39 is 5.97 Å². The molecule has 0 aliphatic heterocycles. The smallest absolute Gasteiger partial charge is 0.344 e. The second-order valence-corrected chi connectivity index (χ2v) is 10.2. The van der Waals surface area contributed by atoms with Crippen LogP contribution in [0.3, 0.4) is 0 Å². The van der Waals surface area contributed by atoms with E-state index in [0.717, 1.165) is 41.3 Å². The summed E-state index contributed by atoms with van der Waals surface area (Å²) in [4.78, 5) is 24.9. The Labute approximate surface area is 221 Å². The fraction of sp³-hybridized carbons (Fsp3) is 0.133. The molecule has 0 saturated heterocycles. The van der Waals surface area contributed by atoms with E-state index in [-0.39, 0.29) is 12.4 Å². The van der Waals surface area contributed by atoms with Gasteiger partial charge >= 0.3 is 5.97 Å². The molecule has 0 spiro atoms. The quantitative estimate of drug-likeness (QED) is 0.152. The normalized spacial score (nSPS) is 11.1. The number of ether oxygens (including phenoxy) is 2. The molecule has 0 bridgehead atoms. The van der Waals surface area contributed by atoms with Crippen LogP contribution >= 0.6 is 27.3 Å². The van der Waals surface area contributed by atoms with Crippen LogP contribution in [-0.4, -0.2) is 25.0 Å². The van der Waals surface area contributed by atoms with Gasteiger partial charge in [0.1, 0.15) is 5.75 Å². The molecule has 0 fully saturated rings. The summed E-state index contributed by atoms with van der Waals surface area (Å²) in [6.07, 6.45) is 0. The van der Waals surface area contributed by atoms with Crippen LogP contribution in [0.4, 0.5) is 0 Å². The molecule has 1 heterocycles. The Balaban J connectivity index is 0.000000382. The van der Waals surface area contributed by atoms with Gasteiger partial charge in [0.05, 0.1) is 11.1 Å². The summed E-state index contributed by atoms with van der Waals surface area (Å²) in [5.74, 6) is 0.238. The zero-order valence-electron chi connectivity index (χ0n) is 19.8. The number of hydrogen-bond acceptors (Lipinski definition) is 5. The molecule has 180 valence electrons. The van der Waals surface area contributed by atoms with E-state index in [0.29, 0.717) is 12.4 Å². The Kier molecular flexibility index (Phi) is 6.90. The molecule has 2 aliphatic rings. The predicted molar refractivity (Wildman–Crippen MR) is 150 cm³/mol. The van der Waals surface area contributed by atoms with Crippen LogP contribution in [0, 0.1) is 0 Å². The summed E-state index contributed by atoms with van der Waals surface area (Å²) in [6, 6.07) is 26.3. The van der Waals surface area contributed by atoms with Crippen molar-refractivity contribution >= 4 is 59.9 Å². The molecule has 0 unspecified atom stereocenters. The maximum Gasteiger partial charge on any atom is 0.344 e. The number of ketones is 1. The molecule has 4 nitrogen and oxygen atoms in total. The average molecular weight is 559 g/mol. The second kappa shape index (κ2) is 10.2. The molecule has 6 heteroatoms. The number of thiophene rings is 1. The molecule has 0 saturated carbocycles. The monoisotopic (exact) mass is 558 g/mol. The van der Waals surface area contributed by atoms with Crippen LogP contribution < -0.4 is 4.74 Å². The fourth-order valence-electron chi connectivity index (χ4n) is 4.14. The van der Waals surface area contributed by atoms with Crippen molar-refractivity contribution in [3.05, 3.63) is 88.9 Å². The summed E-state index contributed by atoms with van der Waals surface area (Å²) in [7, 11) is 0. The van der Waals surface area contributed by atoms with Gasteiger partial charge in [0, 0.05) is 20.5 Å². The van der Waals surface area contributed by atoms with E-state index in [9.17, 15) is 9.59 Å². The highest BCUT2D eigenvalue weighted by Crippen LogP contribution is 2.41. The molecule has 0 radical (unpaired) electrons. The lowest BCUT2D eigenvalue weighted by atomic mass is 10.0. The summed E-state index contributed by atoms with van der Waals surface area (Å²) < 4.78 is 12.4. The number of esters is 1. The number of benzene rings is 4. The summed E-state index contributed by atoms with van der Waals surface area (Å²) in [5.41, 5.74) is 4.62. The molecule has 3 aromatic carbocycles. The minimum absolute atomic E-state index is 0.0615. The van der Waals surface area contributed by atoms with Crippen molar-refractivity contribution in [3.8, 4) is 27.3 Å². The molecule has 0 N–H and O–H groups in total. The summed E-state index contributed by atoms with van der Waals surface area (Å²) in [5, 5.41) is 2.97. The third-order valence-electron chi connectivity index (χ3n) is 5.89. The predicted octanol–water partition coefficient (Wildman–Crippen LogP) is 8.30. The minimum atomic E-state index is -0.402. The number of rotatable bonds is 6. The van der Waals surface area contributed by atoms with Crippen molar-refractivity contribution in [2.24, 2.45) is 0 Å². The Hall–Kier alpha value is -3.48. The van der Waals surface area contributed by atoms with E-state index in [1.807, 2.05) is 48.5 Å². The number of carbonyl (C=O) groups excluding carboxylic acids is 2. The maximum absolute atomic E-state index is 12.4. The molecule has 2 aliphatic carbocycles. The van der Waals surface area contributed by atoms with Gasteiger partial charge in [-0.25, -0.2) is 4.79 Å². The van der Waals surface area contributed by atoms with Gasteiger partial charge < -0.3 is 9.47 Å². The Bertz CT molecular complexity index is 1600. The molecular formula is C30H23BrO4S. The first-order valence-electron chi connectivity index (χ1n) is 11.6. The first kappa shape index (κ1) is 24.2. The Morgan fingerprint density at radius 2 is 1.64 bits per heavy atom. The van der Waals surface area contributed by atoms with Crippen molar-refractivity contribution in [1.29, 1.82) is 0 Å². The highest BCUT2D eigenvalue weighted by atomic mass is 79.9. The van der Waals surface area contributed by atoms with Gasteiger partial charge in [-0.3, -0.25) is 4.79 Å². The van der Waals surface area contributed by atoms with Crippen molar-refractivity contribution in [1.82, 2.24) is 0 Å². The fourth-order valence-corrected chi connectivity index (χ4v) is 5.99. The molecule has 0 amide bonds. The zero-order chi connectivity index (χ0) is 25.2. The van der Waals surface area contributed by atoms with Crippen LogP contribution in [0.25, 0.3) is 42.4 Å². The van der Waals surface area contributed by atoms with Crippen molar-refractivity contribution in [2.75, 3.05) is 13.2 Å². The van der Waals surface area contributed by atoms with Gasteiger partial charge in [0.15, 0.2) is 12.4 Å². The van der Waals surface area contributed by atoms with Gasteiger partial charge in [-0.05, 0) is 81.5 Å². The number of carbonyl (C=O) groups is 2. The minimum Gasteiger partial charge on any atom is -0.481 e. The maximum atomic E-state index is 12.4. The number of hydrogen-bond donors (Lipinski definition) is 0. The zero-order valence-corrected chi connectivity index (χ0v) is 22.2. The Morgan fingerprint density at radius 1 is 0.861 bits per heavy atom. The van der Waals surface area contributed by atoms with E-state index in [2.05, 4.69) is 46.3 Å². The number of fused-ring (bicyclic) bond motifs is 3. The van der Waals surface area contributed by atoms with Crippen molar-refractivity contribution < 1.29 is 19.1 Å². The van der Waals surface area contributed by atoms with Crippen molar-refractivity contribution in [3.63, 3.8) is 0 Å². The number of halogens is 1. The molecular weight excluding hydrogens is 536 g/mol. The molecule has 36 heavy (non-hydrogen) atoms. The number of Topliss-reactive ketones (excluding diaryl/α,β-unsaturated/α-hetero) is 1. The second-order valence-electron chi connectivity index (χ2n) is 8.35. The first-order valence-corrected chi connectivity index (χ1v) is 13.2. The first-order chi connectivity index (χ1) is 17.5. The summed E-state index contributed by atoms with van der Waals surface area (Å²) >= 11 is 5.22. The van der Waals surface area contributed by atoms with Gasteiger partial charge in [0.2, 0.25) is 0 Å². The molecule has 6 rings (SSSR count). The lowest BCUT2D eigenvalue weighted by molar-refractivity contribution is -0.145. The van der Waals surface area contributed by atoms with Crippen LogP contribution in [0.1, 0.15) is 24.2 Å². The van der Waals surface area contributed by atoms with Crippen LogP contribution in [0.15, 0.2) is 83.3 Å². The molecule has 1 aromatic heterocycles. The topological polar surface area (TPSA) is 52.6 Å². The van der Waals surface area contributed by atoms with Gasteiger partial charge in [-0.2, -0.15) is 0 Å². The lowest BCUT2D eigenvalue weighted by Crippen LogP contribution is -2.14. The molecule has 0 atom stereocenters. The lowest BCUT2D eigenvalue weighted by Gasteiger charge is -2.11. The largest absolute Gasteiger partial charge is 0.481 e. The standard InChI is InChI=1S/C24H19BrO4S.C6H4/c1-3-28-21(27)13-29-19-11-9-15-12-16(8-10-17(15)23(19)25)24-22(14(2)26)18-6-4-5-7-20(18)30-24;1-2-5-4-6(5)3-1/h4-12H,3,13H2,1-2H3;1-4H. The highest BCUT2D eigenvalue weighted by Gasteiger charge is 2.18. The van der Waals surface area contributed by atoms with Crippen molar-refractivity contribution in [2.45, 2.75) is 13.8 Å². The Morgan fingerprint density at radius 3 is 2.31 bits per heavy atom. The van der Waals surface area contributed by atoms with Crippen LogP contribution in [-0.2, 0) is 9.53 Å². The summed E-state index contributed by atoms with van der Waals surface area (Å²) in [6.45, 7) is 3.56. The molecule has 4 aromatic rings. The van der Waals surface area contributed by atoms with E-state index in [4.69, 9.17) is 9.47 Å². The van der Waals surface area contributed by atoms with Crippen LogP contribution in [0.2, 0.25) is 0 Å².